The summed E-state index contributed by atoms with van der Waals surface area (Å²) in [4.78, 5) is 2.45. The quantitative estimate of drug-likeness (QED) is 0.728. The fourth-order valence-electron chi connectivity index (χ4n) is 3.02. The van der Waals surface area contributed by atoms with Gasteiger partial charge >= 0.3 is 0 Å². The summed E-state index contributed by atoms with van der Waals surface area (Å²) in [7, 11) is 2.22. The van der Waals surface area contributed by atoms with Gasteiger partial charge in [-0.3, -0.25) is 4.90 Å². The number of thioether (sulfide) groups is 1. The molecule has 2 N–H and O–H groups in total. The van der Waals surface area contributed by atoms with Gasteiger partial charge in [-0.05, 0) is 43.4 Å². The van der Waals surface area contributed by atoms with Gasteiger partial charge in [-0.1, -0.05) is 13.8 Å². The van der Waals surface area contributed by atoms with E-state index in [1.54, 1.807) is 0 Å². The van der Waals surface area contributed by atoms with E-state index in [2.05, 4.69) is 37.6 Å². The van der Waals surface area contributed by atoms with Crippen molar-refractivity contribution in [2.45, 2.75) is 38.6 Å². The van der Waals surface area contributed by atoms with E-state index in [-0.39, 0.29) is 5.54 Å². The Balaban J connectivity index is 1.80. The van der Waals surface area contributed by atoms with Crippen molar-refractivity contribution >= 4 is 11.8 Å². The van der Waals surface area contributed by atoms with Crippen LogP contribution >= 0.6 is 11.8 Å². The summed E-state index contributed by atoms with van der Waals surface area (Å²) in [5.74, 6) is 3.27. The monoisotopic (exact) mass is 286 g/mol. The van der Waals surface area contributed by atoms with E-state index in [0.717, 1.165) is 38.0 Å². The summed E-state index contributed by atoms with van der Waals surface area (Å²) >= 11 is 2.05. The first kappa shape index (κ1) is 15.6. The van der Waals surface area contributed by atoms with Gasteiger partial charge in [0.05, 0.1) is 6.61 Å². The highest BCUT2D eigenvalue weighted by Crippen LogP contribution is 2.41. The molecule has 0 aromatic rings. The Morgan fingerprint density at radius 2 is 2.05 bits per heavy atom. The first-order valence-electron chi connectivity index (χ1n) is 7.54. The summed E-state index contributed by atoms with van der Waals surface area (Å²) in [5, 5.41) is 0. The van der Waals surface area contributed by atoms with E-state index in [1.807, 2.05) is 0 Å². The van der Waals surface area contributed by atoms with Gasteiger partial charge in [-0.2, -0.15) is 11.8 Å². The van der Waals surface area contributed by atoms with E-state index >= 15 is 0 Å². The maximum Gasteiger partial charge on any atom is 0.0593 e. The van der Waals surface area contributed by atoms with Crippen molar-refractivity contribution in [3.63, 3.8) is 0 Å². The van der Waals surface area contributed by atoms with Gasteiger partial charge in [-0.25, -0.2) is 0 Å². The van der Waals surface area contributed by atoms with Gasteiger partial charge in [0.25, 0.3) is 0 Å². The molecule has 19 heavy (non-hydrogen) atoms. The van der Waals surface area contributed by atoms with E-state index in [0.29, 0.717) is 5.41 Å². The van der Waals surface area contributed by atoms with Crippen LogP contribution < -0.4 is 5.73 Å². The molecule has 1 saturated heterocycles. The fraction of sp³-hybridized carbons (Fsp3) is 1.00. The van der Waals surface area contributed by atoms with Gasteiger partial charge in [0, 0.05) is 31.0 Å². The van der Waals surface area contributed by atoms with Crippen molar-refractivity contribution in [3.05, 3.63) is 0 Å². The summed E-state index contributed by atoms with van der Waals surface area (Å²) < 4.78 is 5.77. The second-order valence-corrected chi connectivity index (χ2v) is 8.19. The smallest absolute Gasteiger partial charge is 0.0593 e. The van der Waals surface area contributed by atoms with Crippen molar-refractivity contribution in [3.8, 4) is 0 Å². The fourth-order valence-corrected chi connectivity index (χ4v) is 4.59. The summed E-state index contributed by atoms with van der Waals surface area (Å²) in [5.41, 5.74) is 6.68. The highest BCUT2D eigenvalue weighted by atomic mass is 32.2. The summed E-state index contributed by atoms with van der Waals surface area (Å²) in [6.07, 6.45) is 3.93. The number of nitrogens with two attached hydrogens (primary N) is 1. The minimum Gasteiger partial charge on any atom is -0.380 e. The molecule has 1 aliphatic heterocycles. The van der Waals surface area contributed by atoms with Gasteiger partial charge in [0.2, 0.25) is 0 Å². The Bertz CT molecular complexity index is 294. The molecule has 0 amide bonds. The van der Waals surface area contributed by atoms with Crippen molar-refractivity contribution in [2.24, 2.45) is 17.1 Å². The second kappa shape index (κ2) is 6.33. The Morgan fingerprint density at radius 3 is 2.63 bits per heavy atom. The molecule has 3 nitrogen and oxygen atoms in total. The van der Waals surface area contributed by atoms with E-state index < -0.39 is 0 Å². The highest BCUT2D eigenvalue weighted by molar-refractivity contribution is 7.99. The number of ether oxygens (including phenoxy) is 1. The number of hydrogen-bond donors (Lipinski definition) is 1. The molecule has 1 unspecified atom stereocenters. The van der Waals surface area contributed by atoms with Crippen molar-refractivity contribution < 1.29 is 4.74 Å². The zero-order valence-corrected chi connectivity index (χ0v) is 13.6. The predicted octanol–water partition coefficient (Wildman–Crippen LogP) is 2.21. The third-order valence-electron chi connectivity index (χ3n) is 4.48. The molecule has 1 heterocycles. The van der Waals surface area contributed by atoms with Crippen LogP contribution in [0.25, 0.3) is 0 Å². The Hall–Kier alpha value is 0.230. The standard InChI is InChI=1S/C15H30N2OS/c1-14(2)9-15(10-16,12-19-11-14)17(3)6-7-18-8-13-4-5-13/h13H,4-12,16H2,1-3H3. The Morgan fingerprint density at radius 1 is 1.32 bits per heavy atom. The Kier molecular flexibility index (Phi) is 5.21. The predicted molar refractivity (Wildman–Crippen MR) is 83.7 cm³/mol. The maximum absolute atomic E-state index is 6.13. The highest BCUT2D eigenvalue weighted by Gasteiger charge is 2.42. The van der Waals surface area contributed by atoms with E-state index in [4.69, 9.17) is 10.5 Å². The molecule has 112 valence electrons. The maximum atomic E-state index is 6.13. The topological polar surface area (TPSA) is 38.5 Å². The number of rotatable bonds is 7. The molecule has 2 fully saturated rings. The van der Waals surface area contributed by atoms with E-state index in [1.165, 1.54) is 25.0 Å². The molecule has 0 bridgehead atoms. The molecule has 4 heteroatoms. The summed E-state index contributed by atoms with van der Waals surface area (Å²) in [6.45, 7) is 8.29. The molecule has 2 rings (SSSR count). The number of nitrogens with zero attached hydrogens (tertiary/aromatic N) is 1. The van der Waals surface area contributed by atoms with E-state index in [9.17, 15) is 0 Å². The normalized spacial score (nSPS) is 30.8. The zero-order chi connectivity index (χ0) is 13.9. The molecule has 0 radical (unpaired) electrons. The van der Waals surface area contributed by atoms with Gasteiger partial charge in [-0.15, -0.1) is 0 Å². The van der Waals surface area contributed by atoms with Crippen molar-refractivity contribution in [1.82, 2.24) is 4.90 Å². The largest absolute Gasteiger partial charge is 0.380 e. The van der Waals surface area contributed by atoms with Crippen LogP contribution in [-0.2, 0) is 4.74 Å². The first-order valence-corrected chi connectivity index (χ1v) is 8.70. The molecule has 1 saturated carbocycles. The minimum atomic E-state index is 0.162. The van der Waals surface area contributed by atoms with Crippen LogP contribution in [0.5, 0.6) is 0 Å². The van der Waals surface area contributed by atoms with Gasteiger partial charge < -0.3 is 10.5 Å². The summed E-state index contributed by atoms with van der Waals surface area (Å²) in [6, 6.07) is 0. The lowest BCUT2D eigenvalue weighted by molar-refractivity contribution is 0.0470. The third-order valence-corrected chi connectivity index (χ3v) is 6.21. The van der Waals surface area contributed by atoms with Crippen molar-refractivity contribution in [1.29, 1.82) is 0 Å². The lowest BCUT2D eigenvalue weighted by Crippen LogP contribution is -2.59. The number of likely N-dealkylation sites (N-methyl/N-ethyl adjacent to an activating group) is 1. The zero-order valence-electron chi connectivity index (χ0n) is 12.8. The number of hydrogen-bond acceptors (Lipinski definition) is 4. The molecule has 0 spiro atoms. The molecular weight excluding hydrogens is 256 g/mol. The van der Waals surface area contributed by atoms with Crippen LogP contribution in [0.4, 0.5) is 0 Å². The van der Waals surface area contributed by atoms with Crippen LogP contribution in [0.2, 0.25) is 0 Å². The van der Waals surface area contributed by atoms with Crippen LogP contribution in [0, 0.1) is 11.3 Å². The first-order chi connectivity index (χ1) is 8.97. The SMILES string of the molecule is CN(CCOCC1CC1)C1(CN)CSCC(C)(C)C1. The van der Waals surface area contributed by atoms with Crippen LogP contribution in [0.15, 0.2) is 0 Å². The van der Waals surface area contributed by atoms with Gasteiger partial charge in [0.15, 0.2) is 0 Å². The molecule has 1 atom stereocenters. The lowest BCUT2D eigenvalue weighted by atomic mass is 9.79. The van der Waals surface area contributed by atoms with Crippen LogP contribution in [0.3, 0.4) is 0 Å². The lowest BCUT2D eigenvalue weighted by Gasteiger charge is -2.49. The average molecular weight is 286 g/mol. The Labute approximate surface area is 122 Å². The minimum absolute atomic E-state index is 0.162. The van der Waals surface area contributed by atoms with Gasteiger partial charge in [0.1, 0.15) is 0 Å². The molecule has 0 aromatic carbocycles. The van der Waals surface area contributed by atoms with Crippen LogP contribution in [0.1, 0.15) is 33.1 Å². The molecular formula is C15H30N2OS. The third kappa shape index (κ3) is 4.35. The molecule has 0 aromatic heterocycles. The second-order valence-electron chi connectivity index (χ2n) is 7.20. The van der Waals surface area contributed by atoms with Crippen LogP contribution in [-0.4, -0.2) is 55.3 Å². The van der Waals surface area contributed by atoms with Crippen molar-refractivity contribution in [2.75, 3.05) is 44.9 Å². The molecule has 2 aliphatic rings. The average Bonchev–Trinajstić information content (AvgIpc) is 3.17. The molecule has 1 aliphatic carbocycles.